The minimum absolute atomic E-state index is 0.177. The zero-order valence-electron chi connectivity index (χ0n) is 16.2. The molecule has 0 unspecified atom stereocenters. The van der Waals surface area contributed by atoms with Crippen LogP contribution in [-0.2, 0) is 14.8 Å². The first-order valence-corrected chi connectivity index (χ1v) is 11.0. The number of benzene rings is 2. The largest absolute Gasteiger partial charge is 0.497 e. The zero-order valence-corrected chi connectivity index (χ0v) is 17.8. The van der Waals surface area contributed by atoms with Gasteiger partial charge < -0.3 is 9.47 Å². The third kappa shape index (κ3) is 4.84. The van der Waals surface area contributed by atoms with Crippen molar-refractivity contribution in [2.24, 2.45) is 0 Å². The molecule has 0 fully saturated rings. The number of thiazole rings is 1. The van der Waals surface area contributed by atoms with Gasteiger partial charge in [-0.3, -0.25) is 10.1 Å². The number of anilines is 1. The summed E-state index contributed by atoms with van der Waals surface area (Å²) >= 11 is 1.20. The van der Waals surface area contributed by atoms with E-state index in [2.05, 4.69) is 10.3 Å². The van der Waals surface area contributed by atoms with Gasteiger partial charge in [-0.2, -0.15) is 0 Å². The van der Waals surface area contributed by atoms with Crippen molar-refractivity contribution >= 4 is 42.6 Å². The Labute approximate surface area is 173 Å². The van der Waals surface area contributed by atoms with E-state index >= 15 is 0 Å². The lowest BCUT2D eigenvalue weighted by Crippen LogP contribution is -2.26. The van der Waals surface area contributed by atoms with Crippen LogP contribution in [0.15, 0.2) is 47.4 Å². The van der Waals surface area contributed by atoms with Gasteiger partial charge in [0, 0.05) is 13.6 Å². The summed E-state index contributed by atoms with van der Waals surface area (Å²) in [5.41, 5.74) is 0.611. The summed E-state index contributed by atoms with van der Waals surface area (Å²) in [6, 6.07) is 11.6. The highest BCUT2D eigenvalue weighted by Crippen LogP contribution is 2.29. The standard InChI is InChI=1S/C19H21N3O5S2/c1-4-22(2)29(24,25)15-9-10-16-17(11-15)28-19(20-16)21-18(23)12-27-14-7-5-13(26-3)6-8-14/h5-11H,4,12H2,1-3H3,(H,20,21,23). The molecule has 10 heteroatoms. The van der Waals surface area contributed by atoms with Crippen LogP contribution in [0.2, 0.25) is 0 Å². The van der Waals surface area contributed by atoms with Crippen molar-refractivity contribution in [3.63, 3.8) is 0 Å². The van der Waals surface area contributed by atoms with Crippen molar-refractivity contribution in [1.29, 1.82) is 0 Å². The van der Waals surface area contributed by atoms with E-state index in [0.717, 1.165) is 0 Å². The molecule has 29 heavy (non-hydrogen) atoms. The van der Waals surface area contributed by atoms with Crippen LogP contribution < -0.4 is 14.8 Å². The Bertz CT molecular complexity index is 1110. The number of carbonyl (C=O) groups excluding carboxylic acids is 1. The minimum atomic E-state index is -3.54. The van der Waals surface area contributed by atoms with Crippen molar-refractivity contribution in [3.05, 3.63) is 42.5 Å². The Hall–Kier alpha value is -2.69. The second kappa shape index (κ2) is 8.76. The van der Waals surface area contributed by atoms with Crippen molar-refractivity contribution in [1.82, 2.24) is 9.29 Å². The summed E-state index contributed by atoms with van der Waals surface area (Å²) in [7, 11) is -0.443. The number of nitrogens with one attached hydrogen (secondary N) is 1. The number of rotatable bonds is 8. The Balaban J connectivity index is 1.67. The fraction of sp³-hybridized carbons (Fsp3) is 0.263. The minimum Gasteiger partial charge on any atom is -0.497 e. The van der Waals surface area contributed by atoms with Crippen LogP contribution in [0.1, 0.15) is 6.92 Å². The Kier molecular flexibility index (Phi) is 6.36. The number of carbonyl (C=O) groups is 1. The summed E-state index contributed by atoms with van der Waals surface area (Å²) < 4.78 is 37.4. The normalized spacial score (nSPS) is 11.6. The molecule has 3 rings (SSSR count). The highest BCUT2D eigenvalue weighted by molar-refractivity contribution is 7.89. The van der Waals surface area contributed by atoms with E-state index in [0.29, 0.717) is 33.4 Å². The first kappa shape index (κ1) is 21.0. The molecule has 0 aliphatic rings. The maximum absolute atomic E-state index is 12.5. The van der Waals surface area contributed by atoms with Crippen LogP contribution in [0.5, 0.6) is 11.5 Å². The molecule has 1 heterocycles. The molecule has 3 aromatic rings. The summed E-state index contributed by atoms with van der Waals surface area (Å²) in [5.74, 6) is 0.876. The number of fused-ring (bicyclic) bond motifs is 1. The molecule has 1 N–H and O–H groups in total. The second-order valence-electron chi connectivity index (χ2n) is 6.08. The lowest BCUT2D eigenvalue weighted by Gasteiger charge is -2.14. The predicted octanol–water partition coefficient (Wildman–Crippen LogP) is 2.96. The SMILES string of the molecule is CCN(C)S(=O)(=O)c1ccc2nc(NC(=O)COc3ccc(OC)cc3)sc2c1. The van der Waals surface area contributed by atoms with Gasteiger partial charge in [0.05, 0.1) is 22.2 Å². The van der Waals surface area contributed by atoms with E-state index in [4.69, 9.17) is 9.47 Å². The molecule has 0 radical (unpaired) electrons. The zero-order chi connectivity index (χ0) is 21.0. The van der Waals surface area contributed by atoms with Crippen molar-refractivity contribution in [3.8, 4) is 11.5 Å². The number of hydrogen-bond acceptors (Lipinski definition) is 7. The molecule has 0 bridgehead atoms. The smallest absolute Gasteiger partial charge is 0.264 e. The molecule has 0 aliphatic carbocycles. The molecule has 0 spiro atoms. The summed E-state index contributed by atoms with van der Waals surface area (Å²) in [6.45, 7) is 1.96. The maximum atomic E-state index is 12.5. The first-order valence-electron chi connectivity index (χ1n) is 8.77. The molecule has 0 saturated heterocycles. The fourth-order valence-electron chi connectivity index (χ4n) is 2.44. The van der Waals surface area contributed by atoms with Gasteiger partial charge in [0.1, 0.15) is 11.5 Å². The van der Waals surface area contributed by atoms with Crippen molar-refractivity contribution in [2.45, 2.75) is 11.8 Å². The van der Waals surface area contributed by atoms with Crippen molar-refractivity contribution in [2.75, 3.05) is 32.6 Å². The highest BCUT2D eigenvalue weighted by Gasteiger charge is 2.20. The summed E-state index contributed by atoms with van der Waals surface area (Å²) in [4.78, 5) is 16.7. The molecule has 1 amide bonds. The van der Waals surface area contributed by atoms with Crippen molar-refractivity contribution < 1.29 is 22.7 Å². The quantitative estimate of drug-likeness (QED) is 0.584. The third-order valence-electron chi connectivity index (χ3n) is 4.19. The molecule has 0 atom stereocenters. The van der Waals surface area contributed by atoms with Crippen LogP contribution in [0.25, 0.3) is 10.2 Å². The molecule has 0 saturated carbocycles. The van der Waals surface area contributed by atoms with E-state index in [9.17, 15) is 13.2 Å². The highest BCUT2D eigenvalue weighted by atomic mass is 32.2. The van der Waals surface area contributed by atoms with Crippen LogP contribution in [-0.4, -0.2) is 50.9 Å². The average molecular weight is 436 g/mol. The topological polar surface area (TPSA) is 97.8 Å². The van der Waals surface area contributed by atoms with E-state index in [1.807, 2.05) is 0 Å². The number of aromatic nitrogens is 1. The number of hydrogen-bond donors (Lipinski definition) is 1. The van der Waals surface area contributed by atoms with E-state index < -0.39 is 10.0 Å². The molecular formula is C19H21N3O5S2. The third-order valence-corrected chi connectivity index (χ3v) is 7.05. The van der Waals surface area contributed by atoms with E-state index in [1.54, 1.807) is 50.4 Å². The molecule has 2 aromatic carbocycles. The fourth-order valence-corrected chi connectivity index (χ4v) is 4.65. The Morgan fingerprint density at radius 3 is 2.52 bits per heavy atom. The summed E-state index contributed by atoms with van der Waals surface area (Å²) in [5, 5.41) is 3.05. The van der Waals surface area contributed by atoms with Crippen LogP contribution >= 0.6 is 11.3 Å². The Morgan fingerprint density at radius 1 is 1.17 bits per heavy atom. The number of amides is 1. The first-order chi connectivity index (χ1) is 13.8. The van der Waals surface area contributed by atoms with E-state index in [-0.39, 0.29) is 17.4 Å². The van der Waals surface area contributed by atoms with Gasteiger partial charge in [-0.1, -0.05) is 18.3 Å². The monoisotopic (exact) mass is 435 g/mol. The molecule has 8 nitrogen and oxygen atoms in total. The number of methoxy groups -OCH3 is 1. The number of ether oxygens (including phenoxy) is 2. The maximum Gasteiger partial charge on any atom is 0.264 e. The van der Waals surface area contributed by atoms with Crippen LogP contribution in [0, 0.1) is 0 Å². The van der Waals surface area contributed by atoms with Gasteiger partial charge in [-0.25, -0.2) is 17.7 Å². The van der Waals surface area contributed by atoms with E-state index in [1.165, 1.54) is 28.8 Å². The van der Waals surface area contributed by atoms with Gasteiger partial charge in [0.15, 0.2) is 11.7 Å². The van der Waals surface area contributed by atoms with Crippen LogP contribution in [0.4, 0.5) is 5.13 Å². The van der Waals surface area contributed by atoms with Gasteiger partial charge in [0.25, 0.3) is 5.91 Å². The summed E-state index contributed by atoms with van der Waals surface area (Å²) in [6.07, 6.45) is 0. The molecule has 154 valence electrons. The van der Waals surface area contributed by atoms with Gasteiger partial charge in [0.2, 0.25) is 10.0 Å². The molecule has 0 aliphatic heterocycles. The number of sulfonamides is 1. The van der Waals surface area contributed by atoms with Gasteiger partial charge >= 0.3 is 0 Å². The van der Waals surface area contributed by atoms with Gasteiger partial charge in [-0.15, -0.1) is 0 Å². The molecular weight excluding hydrogens is 414 g/mol. The second-order valence-corrected chi connectivity index (χ2v) is 9.16. The molecule has 1 aromatic heterocycles. The lowest BCUT2D eigenvalue weighted by molar-refractivity contribution is -0.118. The lowest BCUT2D eigenvalue weighted by atomic mass is 10.3. The average Bonchev–Trinajstić information content (AvgIpc) is 3.13. The predicted molar refractivity (Wildman–Crippen MR) is 112 cm³/mol. The number of nitrogens with zero attached hydrogens (tertiary/aromatic N) is 2. The Morgan fingerprint density at radius 2 is 1.86 bits per heavy atom. The van der Waals surface area contributed by atoms with Gasteiger partial charge in [-0.05, 0) is 42.5 Å². The van der Waals surface area contributed by atoms with Crippen LogP contribution in [0.3, 0.4) is 0 Å².